The van der Waals surface area contributed by atoms with Gasteiger partial charge in [0.15, 0.2) is 0 Å². The minimum Gasteiger partial charge on any atom is -0.447 e. The number of ether oxygens (including phenoxy) is 1. The number of benzene rings is 1. The summed E-state index contributed by atoms with van der Waals surface area (Å²) in [6, 6.07) is 4.19. The van der Waals surface area contributed by atoms with Gasteiger partial charge in [-0.05, 0) is 18.2 Å². The summed E-state index contributed by atoms with van der Waals surface area (Å²) in [5.41, 5.74) is 5.98. The fourth-order valence-corrected chi connectivity index (χ4v) is 2.28. The number of nitrogens with two attached hydrogens (primary N) is 1. The van der Waals surface area contributed by atoms with E-state index in [1.54, 1.807) is 0 Å². The minimum atomic E-state index is -5.57. The topological polar surface area (TPSA) is 48.1 Å². The van der Waals surface area contributed by atoms with E-state index in [2.05, 4.69) is 9.72 Å². The van der Waals surface area contributed by atoms with Crippen LogP contribution in [0.1, 0.15) is 0 Å². The van der Waals surface area contributed by atoms with Gasteiger partial charge in [-0.3, -0.25) is 0 Å². The van der Waals surface area contributed by atoms with Gasteiger partial charge in [0, 0.05) is 5.69 Å². The molecule has 2 N–H and O–H groups in total. The van der Waals surface area contributed by atoms with Gasteiger partial charge in [0.1, 0.15) is 0 Å². The molecule has 0 fully saturated rings. The zero-order valence-corrected chi connectivity index (χ0v) is 10.2. The molecule has 2 aromatic rings. The molecule has 0 aliphatic rings. The Morgan fingerprint density at radius 1 is 1.10 bits per heavy atom. The van der Waals surface area contributed by atoms with Crippen molar-refractivity contribution in [2.24, 2.45) is 0 Å². The molecule has 0 atom stereocenters. The normalized spacial score (nSPS) is 13.2. The highest BCUT2D eigenvalue weighted by Crippen LogP contribution is 2.38. The third kappa shape index (κ3) is 3.06. The van der Waals surface area contributed by atoms with Gasteiger partial charge < -0.3 is 10.5 Å². The first-order valence-corrected chi connectivity index (χ1v) is 5.85. The van der Waals surface area contributed by atoms with Crippen molar-refractivity contribution in [3.05, 3.63) is 18.2 Å². The second-order valence-electron chi connectivity index (χ2n) is 3.79. The lowest BCUT2D eigenvalue weighted by Gasteiger charge is -2.22. The minimum absolute atomic E-state index is 0.210. The first kappa shape index (κ1) is 14.7. The molecule has 0 saturated heterocycles. The largest absolute Gasteiger partial charge is 0.447 e. The van der Waals surface area contributed by atoms with Crippen molar-refractivity contribution < 1.29 is 31.1 Å². The maximum Gasteiger partial charge on any atom is 0.434 e. The molecular formula is C10H6F6N2OS. The second kappa shape index (κ2) is 4.69. The van der Waals surface area contributed by atoms with E-state index < -0.39 is 23.7 Å². The quantitative estimate of drug-likeness (QED) is 0.678. The van der Waals surface area contributed by atoms with Crippen LogP contribution in [0.15, 0.2) is 18.2 Å². The Kier molecular flexibility index (Phi) is 3.44. The number of thiazole rings is 1. The number of nitrogens with zero attached hydrogens (tertiary/aromatic N) is 1. The SMILES string of the molecule is Nc1ccc2nc(OC(C(F)(F)F)C(F)(F)F)sc2c1. The van der Waals surface area contributed by atoms with Gasteiger partial charge in [0.2, 0.25) is 0 Å². The van der Waals surface area contributed by atoms with E-state index >= 15 is 0 Å². The molecule has 2 rings (SSSR count). The maximum atomic E-state index is 12.3. The summed E-state index contributed by atoms with van der Waals surface area (Å²) in [6.45, 7) is 0. The standard InChI is InChI=1S/C10H6F6N2OS/c11-9(12,13)7(10(14,15)16)19-8-18-5-2-1-4(17)3-6(5)20-8/h1-3,7H,17H2. The molecule has 0 aliphatic carbocycles. The predicted octanol–water partition coefficient (Wildman–Crippen LogP) is 3.75. The summed E-state index contributed by atoms with van der Waals surface area (Å²) in [5.74, 6) is 0. The van der Waals surface area contributed by atoms with Gasteiger partial charge in [-0.15, -0.1) is 0 Å². The van der Waals surface area contributed by atoms with Gasteiger partial charge in [-0.1, -0.05) is 11.3 Å². The molecule has 1 aromatic carbocycles. The van der Waals surface area contributed by atoms with Crippen LogP contribution < -0.4 is 10.5 Å². The fourth-order valence-electron chi connectivity index (χ4n) is 1.39. The molecule has 0 bridgehead atoms. The van der Waals surface area contributed by atoms with E-state index in [4.69, 9.17) is 5.73 Å². The van der Waals surface area contributed by atoms with Gasteiger partial charge in [0.05, 0.1) is 10.2 Å². The zero-order valence-electron chi connectivity index (χ0n) is 9.42. The van der Waals surface area contributed by atoms with Gasteiger partial charge >= 0.3 is 12.4 Å². The first-order valence-electron chi connectivity index (χ1n) is 5.03. The lowest BCUT2D eigenvalue weighted by Crippen LogP contribution is -2.46. The third-order valence-corrected chi connectivity index (χ3v) is 3.12. The maximum absolute atomic E-state index is 12.3. The number of alkyl halides is 6. The predicted molar refractivity (Wildman–Crippen MR) is 60.6 cm³/mol. The van der Waals surface area contributed by atoms with Crippen molar-refractivity contribution in [3.8, 4) is 5.19 Å². The Morgan fingerprint density at radius 3 is 2.25 bits per heavy atom. The summed E-state index contributed by atoms with van der Waals surface area (Å²) in [4.78, 5) is 3.56. The van der Waals surface area contributed by atoms with Crippen molar-refractivity contribution in [2.45, 2.75) is 18.5 Å². The van der Waals surface area contributed by atoms with Crippen LogP contribution in [0.25, 0.3) is 10.2 Å². The van der Waals surface area contributed by atoms with Gasteiger partial charge in [-0.25, -0.2) is 4.98 Å². The number of halogens is 6. The average molecular weight is 316 g/mol. The van der Waals surface area contributed by atoms with Crippen LogP contribution in [0, 0.1) is 0 Å². The van der Waals surface area contributed by atoms with E-state index in [1.807, 2.05) is 0 Å². The molecule has 0 aliphatic heterocycles. The average Bonchev–Trinajstić information content (AvgIpc) is 2.64. The van der Waals surface area contributed by atoms with Crippen LogP contribution in [-0.4, -0.2) is 23.4 Å². The molecule has 0 saturated carbocycles. The van der Waals surface area contributed by atoms with E-state index in [9.17, 15) is 26.3 Å². The molecular weight excluding hydrogens is 310 g/mol. The Balaban J connectivity index is 2.34. The number of aromatic nitrogens is 1. The van der Waals surface area contributed by atoms with Gasteiger partial charge in [0.25, 0.3) is 11.3 Å². The summed E-state index contributed by atoms with van der Waals surface area (Å²) < 4.78 is 78.3. The summed E-state index contributed by atoms with van der Waals surface area (Å²) in [5, 5.41) is -0.717. The molecule has 3 nitrogen and oxygen atoms in total. The second-order valence-corrected chi connectivity index (χ2v) is 4.78. The molecule has 10 heteroatoms. The van der Waals surface area contributed by atoms with Gasteiger partial charge in [-0.2, -0.15) is 26.3 Å². The van der Waals surface area contributed by atoms with Crippen LogP contribution in [0.4, 0.5) is 32.0 Å². The molecule has 110 valence electrons. The molecule has 0 spiro atoms. The van der Waals surface area contributed by atoms with Crippen molar-refractivity contribution in [1.82, 2.24) is 4.98 Å². The third-order valence-electron chi connectivity index (χ3n) is 2.21. The number of anilines is 1. The van der Waals surface area contributed by atoms with E-state index in [1.165, 1.54) is 18.2 Å². The van der Waals surface area contributed by atoms with Crippen LogP contribution in [-0.2, 0) is 0 Å². The van der Waals surface area contributed by atoms with Crippen LogP contribution >= 0.6 is 11.3 Å². The Bertz CT molecular complexity index is 606. The molecule has 1 aromatic heterocycles. The number of nitrogen functional groups attached to an aromatic ring is 1. The highest BCUT2D eigenvalue weighted by molar-refractivity contribution is 7.20. The zero-order chi connectivity index (χ0) is 15.1. The van der Waals surface area contributed by atoms with Crippen molar-refractivity contribution in [3.63, 3.8) is 0 Å². The summed E-state index contributed by atoms with van der Waals surface area (Å²) in [6.07, 6.45) is -15.1. The van der Waals surface area contributed by atoms with Crippen LogP contribution in [0.3, 0.4) is 0 Å². The molecule has 0 unspecified atom stereocenters. The lowest BCUT2D eigenvalue weighted by molar-refractivity contribution is -0.299. The van der Waals surface area contributed by atoms with E-state index in [0.717, 1.165) is 0 Å². The number of hydrogen-bond donors (Lipinski definition) is 1. The van der Waals surface area contributed by atoms with Crippen LogP contribution in [0.2, 0.25) is 0 Å². The van der Waals surface area contributed by atoms with Crippen molar-refractivity contribution in [1.29, 1.82) is 0 Å². The molecule has 0 amide bonds. The smallest absolute Gasteiger partial charge is 0.434 e. The fraction of sp³-hybridized carbons (Fsp3) is 0.300. The Hall–Kier alpha value is -1.71. The van der Waals surface area contributed by atoms with Crippen molar-refractivity contribution >= 4 is 27.2 Å². The molecule has 1 heterocycles. The summed E-state index contributed by atoms with van der Waals surface area (Å²) in [7, 11) is 0. The summed E-state index contributed by atoms with van der Waals surface area (Å²) >= 11 is 0.559. The first-order chi connectivity index (χ1) is 9.07. The Labute approximate surface area is 112 Å². The molecule has 0 radical (unpaired) electrons. The lowest BCUT2D eigenvalue weighted by atomic mass is 10.3. The van der Waals surface area contributed by atoms with E-state index in [0.29, 0.717) is 21.7 Å². The highest BCUT2D eigenvalue weighted by atomic mass is 32.1. The van der Waals surface area contributed by atoms with Crippen LogP contribution in [0.5, 0.6) is 5.19 Å². The Morgan fingerprint density at radius 2 is 1.70 bits per heavy atom. The highest BCUT2D eigenvalue weighted by Gasteiger charge is 2.59. The number of hydrogen-bond acceptors (Lipinski definition) is 4. The van der Waals surface area contributed by atoms with Crippen molar-refractivity contribution in [2.75, 3.05) is 5.73 Å². The van der Waals surface area contributed by atoms with E-state index in [-0.39, 0.29) is 5.52 Å². The number of fused-ring (bicyclic) bond motifs is 1. The number of rotatable bonds is 2. The monoisotopic (exact) mass is 316 g/mol. The molecule has 20 heavy (non-hydrogen) atoms.